The number of hydrogen-bond donors (Lipinski definition) is 3. The van der Waals surface area contributed by atoms with E-state index in [1.54, 1.807) is 24.3 Å². The Hall–Kier alpha value is -4.15. The SMILES string of the molecule is CCCc1ccc(S(=O)(=O)Nc2c(C(C)C)cccc2C(C)Cc2cc(S(=O)(=O)Nc3cccc(C(=O)O)c3)ccc2CCC)cc1. The molecule has 0 aromatic heterocycles. The van der Waals surface area contributed by atoms with E-state index in [2.05, 4.69) is 23.3 Å². The standard InChI is InChI=1S/C37H44N2O6S2/c1-6-10-27-16-19-32(20-17-27)46(42,43)39-36-34(25(3)4)14-9-15-35(36)26(5)22-30-24-33(21-18-28(30)11-7-2)47(44,45)38-31-13-8-12-29(23-31)37(40)41/h8-9,12-21,23-26,38-39H,6-7,10-11,22H2,1-5H3,(H,40,41). The number of anilines is 2. The van der Waals surface area contributed by atoms with E-state index < -0.39 is 26.0 Å². The van der Waals surface area contributed by atoms with E-state index >= 15 is 0 Å². The van der Waals surface area contributed by atoms with Crippen LogP contribution in [0.1, 0.15) is 97.5 Å². The minimum Gasteiger partial charge on any atom is -0.478 e. The Morgan fingerprint density at radius 2 is 1.32 bits per heavy atom. The fourth-order valence-corrected chi connectivity index (χ4v) is 7.97. The van der Waals surface area contributed by atoms with Gasteiger partial charge in [0.15, 0.2) is 0 Å². The van der Waals surface area contributed by atoms with Gasteiger partial charge in [0.1, 0.15) is 0 Å². The van der Waals surface area contributed by atoms with E-state index in [0.29, 0.717) is 12.1 Å². The van der Waals surface area contributed by atoms with Gasteiger partial charge in [-0.25, -0.2) is 21.6 Å². The van der Waals surface area contributed by atoms with E-state index in [4.69, 9.17) is 0 Å². The van der Waals surface area contributed by atoms with Gasteiger partial charge in [-0.2, -0.15) is 0 Å². The molecule has 3 N–H and O–H groups in total. The lowest BCUT2D eigenvalue weighted by atomic mass is 9.87. The van der Waals surface area contributed by atoms with E-state index in [0.717, 1.165) is 53.5 Å². The first-order valence-corrected chi connectivity index (χ1v) is 18.9. The van der Waals surface area contributed by atoms with Gasteiger partial charge in [0.25, 0.3) is 20.0 Å². The van der Waals surface area contributed by atoms with Crippen LogP contribution in [0.3, 0.4) is 0 Å². The maximum Gasteiger partial charge on any atom is 0.335 e. The van der Waals surface area contributed by atoms with Gasteiger partial charge in [-0.05, 0) is 101 Å². The molecule has 4 rings (SSSR count). The molecule has 0 amide bonds. The zero-order chi connectivity index (χ0) is 34.4. The normalized spacial score (nSPS) is 12.6. The van der Waals surface area contributed by atoms with Crippen LogP contribution in [-0.4, -0.2) is 27.9 Å². The van der Waals surface area contributed by atoms with Crippen molar-refractivity contribution in [1.82, 2.24) is 0 Å². The van der Waals surface area contributed by atoms with Gasteiger partial charge in [0, 0.05) is 5.69 Å². The average Bonchev–Trinajstić information content (AvgIpc) is 3.02. The summed E-state index contributed by atoms with van der Waals surface area (Å²) in [5.74, 6) is -1.28. The van der Waals surface area contributed by atoms with Crippen molar-refractivity contribution in [3.05, 3.63) is 118 Å². The Balaban J connectivity index is 1.69. The highest BCUT2D eigenvalue weighted by Gasteiger charge is 2.24. The van der Waals surface area contributed by atoms with Crippen molar-refractivity contribution in [2.45, 2.75) is 88.3 Å². The minimum atomic E-state index is -4.03. The first-order chi connectivity index (χ1) is 22.3. The van der Waals surface area contributed by atoms with Crippen molar-refractivity contribution in [2.75, 3.05) is 9.44 Å². The lowest BCUT2D eigenvalue weighted by Gasteiger charge is -2.23. The van der Waals surface area contributed by atoms with E-state index in [1.165, 1.54) is 24.3 Å². The average molecular weight is 677 g/mol. The van der Waals surface area contributed by atoms with Crippen molar-refractivity contribution in [1.29, 1.82) is 0 Å². The van der Waals surface area contributed by atoms with E-state index in [9.17, 15) is 26.7 Å². The number of carboxylic acid groups (broad SMARTS) is 1. The van der Waals surface area contributed by atoms with Gasteiger partial charge in [-0.3, -0.25) is 9.44 Å². The van der Waals surface area contributed by atoms with Crippen molar-refractivity contribution in [3.63, 3.8) is 0 Å². The number of para-hydroxylation sites is 1. The van der Waals surface area contributed by atoms with Crippen molar-refractivity contribution in [2.24, 2.45) is 0 Å². The highest BCUT2D eigenvalue weighted by molar-refractivity contribution is 7.93. The predicted molar refractivity (Wildman–Crippen MR) is 189 cm³/mol. The second-order valence-electron chi connectivity index (χ2n) is 12.2. The molecule has 0 fully saturated rings. The van der Waals surface area contributed by atoms with Crippen molar-refractivity contribution >= 4 is 37.4 Å². The summed E-state index contributed by atoms with van der Waals surface area (Å²) in [5, 5.41) is 9.32. The topological polar surface area (TPSA) is 130 Å². The third-order valence-corrected chi connectivity index (χ3v) is 10.9. The predicted octanol–water partition coefficient (Wildman–Crippen LogP) is 8.36. The molecule has 0 heterocycles. The summed E-state index contributed by atoms with van der Waals surface area (Å²) >= 11 is 0. The molecule has 1 atom stereocenters. The van der Waals surface area contributed by atoms with Gasteiger partial charge in [0.2, 0.25) is 0 Å². The fourth-order valence-electron chi connectivity index (χ4n) is 5.76. The molecule has 0 aliphatic heterocycles. The van der Waals surface area contributed by atoms with Crippen LogP contribution >= 0.6 is 0 Å². The summed E-state index contributed by atoms with van der Waals surface area (Å²) in [5.41, 5.74) is 5.31. The number of carbonyl (C=O) groups is 1. The van der Waals surface area contributed by atoms with Crippen LogP contribution in [0, 0.1) is 0 Å². The van der Waals surface area contributed by atoms with Gasteiger partial charge in [-0.15, -0.1) is 0 Å². The fraction of sp³-hybridized carbons (Fsp3) is 0.324. The quantitative estimate of drug-likeness (QED) is 0.116. The monoisotopic (exact) mass is 676 g/mol. The molecule has 0 saturated carbocycles. The zero-order valence-corrected chi connectivity index (χ0v) is 29.2. The molecule has 10 heteroatoms. The molecule has 47 heavy (non-hydrogen) atoms. The van der Waals surface area contributed by atoms with Crippen LogP contribution in [-0.2, 0) is 39.3 Å². The van der Waals surface area contributed by atoms with Crippen LogP contribution < -0.4 is 9.44 Å². The Morgan fingerprint density at radius 1 is 0.702 bits per heavy atom. The largest absolute Gasteiger partial charge is 0.478 e. The third kappa shape index (κ3) is 8.81. The maximum atomic E-state index is 13.7. The number of rotatable bonds is 15. The highest BCUT2D eigenvalue weighted by atomic mass is 32.2. The van der Waals surface area contributed by atoms with E-state index in [1.807, 2.05) is 57.2 Å². The molecule has 4 aromatic carbocycles. The van der Waals surface area contributed by atoms with Gasteiger partial charge in [-0.1, -0.05) is 89.9 Å². The Kier molecular flexibility index (Phi) is 11.5. The van der Waals surface area contributed by atoms with Gasteiger partial charge < -0.3 is 5.11 Å². The van der Waals surface area contributed by atoms with Crippen molar-refractivity contribution in [3.8, 4) is 0 Å². The third-order valence-electron chi connectivity index (χ3n) is 8.19. The number of nitrogens with one attached hydrogen (secondary N) is 2. The first-order valence-electron chi connectivity index (χ1n) is 16.0. The number of benzene rings is 4. The summed E-state index contributed by atoms with van der Waals surface area (Å²) in [6.07, 6.45) is 3.92. The van der Waals surface area contributed by atoms with Crippen molar-refractivity contribution < 1.29 is 26.7 Å². The first kappa shape index (κ1) is 35.7. The molecule has 0 aliphatic carbocycles. The smallest absolute Gasteiger partial charge is 0.335 e. The highest BCUT2D eigenvalue weighted by Crippen LogP contribution is 2.36. The molecule has 0 radical (unpaired) electrons. The minimum absolute atomic E-state index is 0.0263. The molecule has 8 nitrogen and oxygen atoms in total. The van der Waals surface area contributed by atoms with Gasteiger partial charge >= 0.3 is 5.97 Å². The van der Waals surface area contributed by atoms with Crippen LogP contribution in [0.5, 0.6) is 0 Å². The summed E-state index contributed by atoms with van der Waals surface area (Å²) in [7, 11) is -7.92. The van der Waals surface area contributed by atoms with Gasteiger partial charge in [0.05, 0.1) is 21.0 Å². The maximum absolute atomic E-state index is 13.7. The van der Waals surface area contributed by atoms with E-state index in [-0.39, 0.29) is 32.9 Å². The number of aromatic carboxylic acids is 1. The summed E-state index contributed by atoms with van der Waals surface area (Å²) < 4.78 is 59.6. The number of sulfonamides is 2. The number of carboxylic acids is 1. The lowest BCUT2D eigenvalue weighted by Crippen LogP contribution is -2.18. The summed E-state index contributed by atoms with van der Waals surface area (Å²) in [6.45, 7) is 10.2. The molecule has 0 bridgehead atoms. The number of aryl methyl sites for hydroxylation is 2. The summed E-state index contributed by atoms with van der Waals surface area (Å²) in [4.78, 5) is 11.7. The van der Waals surface area contributed by atoms with Crippen LogP contribution in [0.25, 0.3) is 0 Å². The molecule has 0 spiro atoms. The molecular formula is C37H44N2O6S2. The molecule has 0 saturated heterocycles. The van der Waals surface area contributed by atoms with Crippen LogP contribution in [0.2, 0.25) is 0 Å². The summed E-state index contributed by atoms with van der Waals surface area (Å²) in [6, 6.07) is 23.5. The zero-order valence-electron chi connectivity index (χ0n) is 27.6. The number of hydrogen-bond acceptors (Lipinski definition) is 5. The van der Waals surface area contributed by atoms with Crippen LogP contribution in [0.15, 0.2) is 94.7 Å². The molecule has 4 aromatic rings. The lowest BCUT2D eigenvalue weighted by molar-refractivity contribution is 0.0697. The molecular weight excluding hydrogens is 633 g/mol. The Bertz CT molecular complexity index is 1940. The Labute approximate surface area is 279 Å². The second-order valence-corrected chi connectivity index (χ2v) is 15.6. The molecule has 0 aliphatic rings. The molecule has 250 valence electrons. The van der Waals surface area contributed by atoms with Crippen LogP contribution in [0.4, 0.5) is 11.4 Å². The molecule has 1 unspecified atom stereocenters. The Morgan fingerprint density at radius 3 is 1.96 bits per heavy atom. The second kappa shape index (κ2) is 15.2.